The number of para-hydroxylation sites is 1. The normalized spacial score (nSPS) is 9.93. The predicted molar refractivity (Wildman–Crippen MR) is 56.5 cm³/mol. The smallest absolute Gasteiger partial charge is 0.187 e. The molecule has 0 atom stereocenters. The van der Waals surface area contributed by atoms with E-state index in [9.17, 15) is 0 Å². The van der Waals surface area contributed by atoms with Gasteiger partial charge in [-0.3, -0.25) is 4.98 Å². The van der Waals surface area contributed by atoms with Crippen molar-refractivity contribution in [3.8, 4) is 5.75 Å². The highest BCUT2D eigenvalue weighted by molar-refractivity contribution is 5.32. The lowest BCUT2D eigenvalue weighted by molar-refractivity contribution is -0.688. The van der Waals surface area contributed by atoms with Crippen LogP contribution >= 0.6 is 0 Å². The molecule has 3 nitrogen and oxygen atoms in total. The highest BCUT2D eigenvalue weighted by Gasteiger charge is 2.06. The fraction of sp³-hybridized carbons (Fsp3) is 0.167. The summed E-state index contributed by atoms with van der Waals surface area (Å²) in [5.41, 5.74) is 1.16. The first kappa shape index (κ1) is 9.65. The Balaban J connectivity index is 2.24. The first-order chi connectivity index (χ1) is 7.40. The van der Waals surface area contributed by atoms with E-state index < -0.39 is 0 Å². The molecule has 0 aliphatic rings. The molecule has 2 rings (SSSR count). The molecule has 1 aromatic carbocycles. The van der Waals surface area contributed by atoms with E-state index >= 15 is 0 Å². The van der Waals surface area contributed by atoms with Gasteiger partial charge >= 0.3 is 0 Å². The molecule has 15 heavy (non-hydrogen) atoms. The molecule has 0 spiro atoms. The molecule has 0 bridgehead atoms. The Hall–Kier alpha value is -1.90. The van der Waals surface area contributed by atoms with Crippen LogP contribution in [0.25, 0.3) is 0 Å². The molecule has 2 aromatic rings. The maximum Gasteiger partial charge on any atom is 0.187 e. The van der Waals surface area contributed by atoms with Crippen LogP contribution in [0.1, 0.15) is 5.56 Å². The van der Waals surface area contributed by atoms with E-state index in [1.54, 1.807) is 19.5 Å². The van der Waals surface area contributed by atoms with Crippen molar-refractivity contribution in [2.45, 2.75) is 6.54 Å². The van der Waals surface area contributed by atoms with Gasteiger partial charge in [0, 0.05) is 0 Å². The van der Waals surface area contributed by atoms with Gasteiger partial charge in [-0.2, -0.15) is 4.57 Å². The molecule has 3 heteroatoms. The summed E-state index contributed by atoms with van der Waals surface area (Å²) in [7, 11) is 1.69. The molecule has 0 fully saturated rings. The van der Waals surface area contributed by atoms with Crippen LogP contribution in [0.3, 0.4) is 0 Å². The number of methoxy groups -OCH3 is 1. The minimum Gasteiger partial charge on any atom is -0.496 e. The SMILES string of the molecule is COc1ccccc1C[n+]1ccncc1. The van der Waals surface area contributed by atoms with E-state index in [0.29, 0.717) is 0 Å². The summed E-state index contributed by atoms with van der Waals surface area (Å²) in [6, 6.07) is 8.02. The Bertz CT molecular complexity index is 429. The molecule has 0 aliphatic heterocycles. The van der Waals surface area contributed by atoms with Crippen molar-refractivity contribution in [3.63, 3.8) is 0 Å². The van der Waals surface area contributed by atoms with Gasteiger partial charge in [-0.1, -0.05) is 12.1 Å². The average molecular weight is 201 g/mol. The third-order valence-corrected chi connectivity index (χ3v) is 2.23. The molecular weight excluding hydrogens is 188 g/mol. The van der Waals surface area contributed by atoms with E-state index in [2.05, 4.69) is 15.6 Å². The summed E-state index contributed by atoms with van der Waals surface area (Å²) in [5, 5.41) is 0. The number of hydrogen-bond donors (Lipinski definition) is 0. The third kappa shape index (κ3) is 2.31. The summed E-state index contributed by atoms with van der Waals surface area (Å²) < 4.78 is 7.35. The molecule has 0 aliphatic carbocycles. The minimum absolute atomic E-state index is 0.798. The number of ether oxygens (including phenoxy) is 1. The summed E-state index contributed by atoms with van der Waals surface area (Å²) in [6.45, 7) is 0.798. The summed E-state index contributed by atoms with van der Waals surface area (Å²) in [5.74, 6) is 0.918. The van der Waals surface area contributed by atoms with E-state index in [1.807, 2.05) is 30.6 Å². The zero-order valence-corrected chi connectivity index (χ0v) is 8.63. The molecule has 0 saturated carbocycles. The molecular formula is C12H13N2O+. The van der Waals surface area contributed by atoms with Crippen molar-refractivity contribution in [2.75, 3.05) is 7.11 Å². The Morgan fingerprint density at radius 1 is 1.20 bits per heavy atom. The maximum absolute atomic E-state index is 5.29. The van der Waals surface area contributed by atoms with Crippen LogP contribution < -0.4 is 9.30 Å². The van der Waals surface area contributed by atoms with Crippen molar-refractivity contribution < 1.29 is 9.30 Å². The highest BCUT2D eigenvalue weighted by atomic mass is 16.5. The lowest BCUT2D eigenvalue weighted by Gasteiger charge is -2.04. The van der Waals surface area contributed by atoms with Gasteiger partial charge in [0.05, 0.1) is 25.1 Å². The van der Waals surface area contributed by atoms with Gasteiger partial charge < -0.3 is 4.74 Å². The lowest BCUT2D eigenvalue weighted by Crippen LogP contribution is -2.33. The Morgan fingerprint density at radius 3 is 2.67 bits per heavy atom. The Labute approximate surface area is 89.0 Å². The topological polar surface area (TPSA) is 26.0 Å². The van der Waals surface area contributed by atoms with Gasteiger partial charge in [-0.15, -0.1) is 0 Å². The largest absolute Gasteiger partial charge is 0.496 e. The Kier molecular flexibility index (Phi) is 2.93. The van der Waals surface area contributed by atoms with Gasteiger partial charge in [-0.25, -0.2) is 0 Å². The van der Waals surface area contributed by atoms with Crippen molar-refractivity contribution in [1.29, 1.82) is 0 Å². The molecule has 0 saturated heterocycles. The first-order valence-electron chi connectivity index (χ1n) is 4.81. The van der Waals surface area contributed by atoms with Crippen LogP contribution in [0.15, 0.2) is 49.1 Å². The number of benzene rings is 1. The van der Waals surface area contributed by atoms with E-state index in [0.717, 1.165) is 17.9 Å². The van der Waals surface area contributed by atoms with Gasteiger partial charge in [0.1, 0.15) is 5.75 Å². The fourth-order valence-electron chi connectivity index (χ4n) is 1.48. The van der Waals surface area contributed by atoms with Crippen molar-refractivity contribution in [2.24, 2.45) is 0 Å². The monoisotopic (exact) mass is 201 g/mol. The van der Waals surface area contributed by atoms with E-state index in [1.165, 1.54) is 0 Å². The number of nitrogens with zero attached hydrogens (tertiary/aromatic N) is 2. The van der Waals surface area contributed by atoms with E-state index in [4.69, 9.17) is 4.74 Å². The van der Waals surface area contributed by atoms with E-state index in [-0.39, 0.29) is 0 Å². The second-order valence-corrected chi connectivity index (χ2v) is 3.23. The second kappa shape index (κ2) is 4.55. The minimum atomic E-state index is 0.798. The highest BCUT2D eigenvalue weighted by Crippen LogP contribution is 2.16. The van der Waals surface area contributed by atoms with Crippen LogP contribution in [0.4, 0.5) is 0 Å². The van der Waals surface area contributed by atoms with Gasteiger partial charge in [0.2, 0.25) is 0 Å². The summed E-state index contributed by atoms with van der Waals surface area (Å²) in [6.07, 6.45) is 7.42. The van der Waals surface area contributed by atoms with Crippen molar-refractivity contribution >= 4 is 0 Å². The predicted octanol–water partition coefficient (Wildman–Crippen LogP) is 1.43. The molecule has 1 heterocycles. The number of hydrogen-bond acceptors (Lipinski definition) is 2. The zero-order chi connectivity index (χ0) is 10.5. The van der Waals surface area contributed by atoms with Crippen LogP contribution in [0.2, 0.25) is 0 Å². The molecule has 0 N–H and O–H groups in total. The quantitative estimate of drug-likeness (QED) is 0.702. The molecule has 1 aromatic heterocycles. The van der Waals surface area contributed by atoms with Crippen LogP contribution in [0, 0.1) is 0 Å². The standard InChI is InChI=1S/C12H13N2O/c1-15-12-5-3-2-4-11(12)10-14-8-6-13-7-9-14/h2-9H,10H2,1H3/q+1. The van der Waals surface area contributed by atoms with Gasteiger partial charge in [0.15, 0.2) is 18.9 Å². The number of rotatable bonds is 3. The second-order valence-electron chi connectivity index (χ2n) is 3.23. The Morgan fingerprint density at radius 2 is 1.93 bits per heavy atom. The van der Waals surface area contributed by atoms with Crippen molar-refractivity contribution in [3.05, 3.63) is 54.6 Å². The summed E-state index contributed by atoms with van der Waals surface area (Å²) in [4.78, 5) is 3.98. The number of aromatic nitrogens is 2. The molecule has 0 amide bonds. The third-order valence-electron chi connectivity index (χ3n) is 2.23. The molecule has 76 valence electrons. The average Bonchev–Trinajstić information content (AvgIpc) is 2.31. The summed E-state index contributed by atoms with van der Waals surface area (Å²) >= 11 is 0. The van der Waals surface area contributed by atoms with Crippen LogP contribution in [0.5, 0.6) is 5.75 Å². The first-order valence-corrected chi connectivity index (χ1v) is 4.81. The zero-order valence-electron chi connectivity index (χ0n) is 8.63. The van der Waals surface area contributed by atoms with Gasteiger partial charge in [0.25, 0.3) is 0 Å². The maximum atomic E-state index is 5.29. The van der Waals surface area contributed by atoms with Crippen LogP contribution in [-0.2, 0) is 6.54 Å². The lowest BCUT2D eigenvalue weighted by atomic mass is 10.2. The molecule has 0 unspecified atom stereocenters. The van der Waals surface area contributed by atoms with Crippen LogP contribution in [-0.4, -0.2) is 12.1 Å². The fourth-order valence-corrected chi connectivity index (χ4v) is 1.48. The van der Waals surface area contributed by atoms with Gasteiger partial charge in [-0.05, 0) is 12.1 Å². The molecule has 0 radical (unpaired) electrons. The van der Waals surface area contributed by atoms with Crippen molar-refractivity contribution in [1.82, 2.24) is 4.98 Å².